The fourth-order valence-electron chi connectivity index (χ4n) is 2.95. The fraction of sp³-hybridized carbons (Fsp3) is 0.588. The third kappa shape index (κ3) is 3.79. The number of benzene rings is 1. The minimum absolute atomic E-state index is 0.0657. The van der Waals surface area contributed by atoms with Gasteiger partial charge in [-0.3, -0.25) is 4.79 Å². The molecule has 0 aromatic heterocycles. The van der Waals surface area contributed by atoms with Gasteiger partial charge in [0, 0.05) is 45.1 Å². The molecule has 1 fully saturated rings. The van der Waals surface area contributed by atoms with E-state index in [2.05, 4.69) is 0 Å². The lowest BCUT2D eigenvalue weighted by molar-refractivity contribution is 0.0691. The van der Waals surface area contributed by atoms with E-state index in [4.69, 9.17) is 30.5 Å². The zero-order valence-electron chi connectivity index (χ0n) is 13.2. The van der Waals surface area contributed by atoms with Crippen LogP contribution < -0.4 is 9.47 Å². The summed E-state index contributed by atoms with van der Waals surface area (Å²) in [5.41, 5.74) is 0.536. The molecule has 1 aromatic carbocycles. The van der Waals surface area contributed by atoms with Crippen molar-refractivity contribution in [2.45, 2.75) is 25.4 Å². The van der Waals surface area contributed by atoms with E-state index in [-0.39, 0.29) is 17.8 Å². The zero-order valence-corrected chi connectivity index (χ0v) is 13.9. The molecule has 2 unspecified atom stereocenters. The molecular weight excluding hydrogens is 320 g/mol. The number of ketones is 1. The summed E-state index contributed by atoms with van der Waals surface area (Å²) in [6.07, 6.45) is 1.96. The third-order valence-electron chi connectivity index (χ3n) is 4.24. The molecule has 0 N–H and O–H groups in total. The van der Waals surface area contributed by atoms with E-state index in [1.807, 2.05) is 0 Å². The first kappa shape index (κ1) is 16.6. The number of carbonyl (C=O) groups is 1. The Bertz CT molecular complexity index is 568. The number of Topliss-reactive ketones (excluding diaryl/α,β-unsaturated/α-hetero) is 1. The Morgan fingerprint density at radius 1 is 1.35 bits per heavy atom. The highest BCUT2D eigenvalue weighted by atomic mass is 35.5. The Hall–Kier alpha value is -1.30. The van der Waals surface area contributed by atoms with Gasteiger partial charge in [-0.15, -0.1) is 0 Å². The molecule has 2 aliphatic heterocycles. The summed E-state index contributed by atoms with van der Waals surface area (Å²) in [4.78, 5) is 12.4. The van der Waals surface area contributed by atoms with Crippen molar-refractivity contribution in [3.05, 3.63) is 22.7 Å². The van der Waals surface area contributed by atoms with Crippen LogP contribution in [0.5, 0.6) is 11.5 Å². The van der Waals surface area contributed by atoms with Crippen LogP contribution in [0.3, 0.4) is 0 Å². The molecule has 0 aliphatic carbocycles. The molecule has 1 saturated heterocycles. The number of carbonyl (C=O) groups excluding carboxylic acids is 1. The van der Waals surface area contributed by atoms with Crippen LogP contribution in [0.1, 0.15) is 29.6 Å². The maximum absolute atomic E-state index is 12.4. The lowest BCUT2D eigenvalue weighted by Gasteiger charge is -2.29. The second-order valence-electron chi connectivity index (χ2n) is 5.88. The molecule has 0 radical (unpaired) electrons. The number of hydrogen-bond donors (Lipinski definition) is 0. The van der Waals surface area contributed by atoms with Crippen molar-refractivity contribution in [2.75, 3.05) is 33.5 Å². The van der Waals surface area contributed by atoms with Gasteiger partial charge in [-0.2, -0.15) is 0 Å². The Labute approximate surface area is 140 Å². The molecule has 0 bridgehead atoms. The molecule has 3 rings (SSSR count). The summed E-state index contributed by atoms with van der Waals surface area (Å²) in [6, 6.07) is 3.37. The molecule has 0 saturated carbocycles. The van der Waals surface area contributed by atoms with Gasteiger partial charge in [-0.05, 0) is 12.5 Å². The lowest BCUT2D eigenvalue weighted by atomic mass is 9.92. The first-order valence-corrected chi connectivity index (χ1v) is 8.29. The SMILES string of the molecule is COCCCOc1cc2c(cc1Cl)C(=O)CC(C1CCOC1)O2. The van der Waals surface area contributed by atoms with Gasteiger partial charge in [0.2, 0.25) is 0 Å². The maximum Gasteiger partial charge on any atom is 0.170 e. The lowest BCUT2D eigenvalue weighted by Crippen LogP contribution is -2.34. The topological polar surface area (TPSA) is 54.0 Å². The number of rotatable bonds is 6. The van der Waals surface area contributed by atoms with Crippen LogP contribution in [-0.2, 0) is 9.47 Å². The second kappa shape index (κ2) is 7.51. The highest BCUT2D eigenvalue weighted by molar-refractivity contribution is 6.32. The van der Waals surface area contributed by atoms with E-state index in [1.165, 1.54) is 0 Å². The number of fused-ring (bicyclic) bond motifs is 1. The summed E-state index contributed by atoms with van der Waals surface area (Å²) in [5, 5.41) is 0.431. The van der Waals surface area contributed by atoms with E-state index in [9.17, 15) is 4.79 Å². The minimum Gasteiger partial charge on any atom is -0.492 e. The number of methoxy groups -OCH3 is 1. The van der Waals surface area contributed by atoms with Crippen LogP contribution in [0.25, 0.3) is 0 Å². The van der Waals surface area contributed by atoms with Crippen molar-refractivity contribution in [1.29, 1.82) is 0 Å². The highest BCUT2D eigenvalue weighted by Crippen LogP contribution is 2.39. The van der Waals surface area contributed by atoms with Gasteiger partial charge in [0.1, 0.15) is 17.6 Å². The molecule has 126 valence electrons. The van der Waals surface area contributed by atoms with Crippen LogP contribution >= 0.6 is 11.6 Å². The molecule has 5 nitrogen and oxygen atoms in total. The third-order valence-corrected chi connectivity index (χ3v) is 4.54. The molecule has 0 spiro atoms. The van der Waals surface area contributed by atoms with Crippen molar-refractivity contribution < 1.29 is 23.7 Å². The monoisotopic (exact) mass is 340 g/mol. The van der Waals surface area contributed by atoms with Crippen LogP contribution in [0.15, 0.2) is 12.1 Å². The Morgan fingerprint density at radius 3 is 2.96 bits per heavy atom. The van der Waals surface area contributed by atoms with Gasteiger partial charge in [-0.1, -0.05) is 11.6 Å². The summed E-state index contributed by atoms with van der Waals surface area (Å²) >= 11 is 6.22. The molecule has 0 amide bonds. The largest absolute Gasteiger partial charge is 0.492 e. The normalized spacial score (nSPS) is 23.5. The average Bonchev–Trinajstić information content (AvgIpc) is 3.07. The van der Waals surface area contributed by atoms with E-state index >= 15 is 0 Å². The molecule has 1 aromatic rings. The first-order valence-electron chi connectivity index (χ1n) is 7.92. The van der Waals surface area contributed by atoms with Crippen molar-refractivity contribution in [1.82, 2.24) is 0 Å². The van der Waals surface area contributed by atoms with E-state index in [0.717, 1.165) is 19.4 Å². The molecule has 2 aliphatic rings. The fourth-order valence-corrected chi connectivity index (χ4v) is 3.17. The van der Waals surface area contributed by atoms with Gasteiger partial charge in [0.15, 0.2) is 5.78 Å². The van der Waals surface area contributed by atoms with Crippen molar-refractivity contribution in [3.8, 4) is 11.5 Å². The number of halogens is 1. The van der Waals surface area contributed by atoms with Gasteiger partial charge in [-0.25, -0.2) is 0 Å². The van der Waals surface area contributed by atoms with Gasteiger partial charge in [0.05, 0.1) is 23.8 Å². The highest BCUT2D eigenvalue weighted by Gasteiger charge is 2.35. The van der Waals surface area contributed by atoms with E-state index in [0.29, 0.717) is 48.3 Å². The van der Waals surface area contributed by atoms with Crippen molar-refractivity contribution >= 4 is 17.4 Å². The Balaban J connectivity index is 1.74. The maximum atomic E-state index is 12.4. The molecular formula is C17H21ClO5. The molecule has 6 heteroatoms. The summed E-state index contributed by atoms with van der Waals surface area (Å²) in [5.74, 6) is 1.44. The standard InChI is InChI=1S/C17H21ClO5/c1-20-4-2-5-22-17-9-16-12(7-13(17)18)14(19)8-15(23-16)11-3-6-21-10-11/h7,9,11,15H,2-6,8,10H2,1H3. The van der Waals surface area contributed by atoms with E-state index in [1.54, 1.807) is 19.2 Å². The van der Waals surface area contributed by atoms with Crippen LogP contribution in [-0.4, -0.2) is 45.4 Å². The average molecular weight is 341 g/mol. The first-order chi connectivity index (χ1) is 11.2. The smallest absolute Gasteiger partial charge is 0.170 e. The van der Waals surface area contributed by atoms with Gasteiger partial charge >= 0.3 is 0 Å². The van der Waals surface area contributed by atoms with Crippen molar-refractivity contribution in [2.24, 2.45) is 5.92 Å². The van der Waals surface area contributed by atoms with Crippen LogP contribution in [0, 0.1) is 5.92 Å². The van der Waals surface area contributed by atoms with Gasteiger partial charge < -0.3 is 18.9 Å². The molecule has 2 atom stereocenters. The van der Waals surface area contributed by atoms with Crippen molar-refractivity contribution in [3.63, 3.8) is 0 Å². The molecule has 2 heterocycles. The Kier molecular flexibility index (Phi) is 5.41. The Morgan fingerprint density at radius 2 is 2.22 bits per heavy atom. The number of ether oxygens (including phenoxy) is 4. The summed E-state index contributed by atoms with van der Waals surface area (Å²) in [7, 11) is 1.65. The second-order valence-corrected chi connectivity index (χ2v) is 6.29. The summed E-state index contributed by atoms with van der Waals surface area (Å²) < 4.78 is 22.1. The minimum atomic E-state index is -0.125. The predicted octanol–water partition coefficient (Wildman–Crippen LogP) is 3.13. The number of hydrogen-bond acceptors (Lipinski definition) is 5. The van der Waals surface area contributed by atoms with Gasteiger partial charge in [0.25, 0.3) is 0 Å². The summed E-state index contributed by atoms with van der Waals surface area (Å²) in [6.45, 7) is 2.52. The van der Waals surface area contributed by atoms with Crippen LogP contribution in [0.2, 0.25) is 5.02 Å². The zero-order chi connectivity index (χ0) is 16.2. The van der Waals surface area contributed by atoms with E-state index < -0.39 is 0 Å². The quantitative estimate of drug-likeness (QED) is 0.745. The predicted molar refractivity (Wildman–Crippen MR) is 85.7 cm³/mol. The van der Waals surface area contributed by atoms with Crippen LogP contribution in [0.4, 0.5) is 0 Å². The molecule has 23 heavy (non-hydrogen) atoms.